The Morgan fingerprint density at radius 1 is 1.31 bits per heavy atom. The summed E-state index contributed by atoms with van der Waals surface area (Å²) in [4.78, 5) is 12.8. The molecule has 2 aromatic rings. The lowest BCUT2D eigenvalue weighted by Gasteiger charge is -2.15. The van der Waals surface area contributed by atoms with Gasteiger partial charge in [0.15, 0.2) is 9.92 Å². The lowest BCUT2D eigenvalue weighted by Crippen LogP contribution is -2.19. The minimum absolute atomic E-state index is 0.0621. The van der Waals surface area contributed by atoms with Gasteiger partial charge in [-0.15, -0.1) is 4.36 Å². The zero-order valence-corrected chi connectivity index (χ0v) is 16.7. The fourth-order valence-corrected chi connectivity index (χ4v) is 5.57. The van der Waals surface area contributed by atoms with Crippen LogP contribution in [0.15, 0.2) is 21.5 Å². The summed E-state index contributed by atoms with van der Waals surface area (Å²) in [6.45, 7) is 0.0401. The molecule has 9 nitrogen and oxygen atoms in total. The second-order valence-corrected chi connectivity index (χ2v) is 9.49. The first-order chi connectivity index (χ1) is 14.0. The predicted octanol–water partition coefficient (Wildman–Crippen LogP) is 1.72. The number of hydrogen-bond acceptors (Lipinski definition) is 5. The number of benzene rings is 1. The minimum Gasteiger partial charge on any atom is -0.475 e. The first-order valence-electron chi connectivity index (χ1n) is 9.81. The maximum absolute atomic E-state index is 13.0. The molecule has 0 fully saturated rings. The molecule has 2 heterocycles. The number of anilines is 1. The molecule has 154 valence electrons. The smallest absolute Gasteiger partial charge is 0.354 e. The molecule has 0 radical (unpaired) electrons. The molecule has 0 saturated carbocycles. The van der Waals surface area contributed by atoms with Gasteiger partial charge in [0.25, 0.3) is 0 Å². The molecule has 0 saturated heterocycles. The van der Waals surface area contributed by atoms with Crippen LogP contribution in [-0.2, 0) is 35.6 Å². The van der Waals surface area contributed by atoms with Crippen LogP contribution in [0.2, 0.25) is 0 Å². The van der Waals surface area contributed by atoms with Crippen LogP contribution in [0.5, 0.6) is 5.88 Å². The summed E-state index contributed by atoms with van der Waals surface area (Å²) >= 11 is 0. The lowest BCUT2D eigenvalue weighted by molar-refractivity contribution is 0.206. The normalized spacial score (nSPS) is 21.1. The number of aryl methyl sites for hydroxylation is 2. The van der Waals surface area contributed by atoms with Gasteiger partial charge in [0.05, 0.1) is 12.8 Å². The van der Waals surface area contributed by atoms with Crippen molar-refractivity contribution in [3.63, 3.8) is 0 Å². The van der Waals surface area contributed by atoms with Gasteiger partial charge >= 0.3 is 6.03 Å². The molecule has 1 aromatic heterocycles. The first kappa shape index (κ1) is 18.6. The van der Waals surface area contributed by atoms with Gasteiger partial charge in [-0.3, -0.25) is 0 Å². The summed E-state index contributed by atoms with van der Waals surface area (Å²) in [5.74, 6) is 0.189. The SMILES string of the molecule is NS(=O)(=NC(=O)Nc1c2c(cc3c1CCC3)CCC2)c1cnn2c1OC[C@H]2CO. The molecule has 5 rings (SSSR count). The zero-order valence-electron chi connectivity index (χ0n) is 15.9. The van der Waals surface area contributed by atoms with Crippen molar-refractivity contribution in [2.45, 2.75) is 49.5 Å². The Kier molecular flexibility index (Phi) is 4.37. The fourth-order valence-electron chi connectivity index (χ4n) is 4.58. The van der Waals surface area contributed by atoms with Gasteiger partial charge in [-0.2, -0.15) is 5.10 Å². The van der Waals surface area contributed by atoms with Crippen molar-refractivity contribution in [1.29, 1.82) is 0 Å². The number of aliphatic hydroxyl groups excluding tert-OH is 1. The number of nitrogens with zero attached hydrogens (tertiary/aromatic N) is 3. The number of nitrogens with two attached hydrogens (primary N) is 1. The van der Waals surface area contributed by atoms with E-state index in [1.54, 1.807) is 0 Å². The highest BCUT2D eigenvalue weighted by Gasteiger charge is 2.31. The van der Waals surface area contributed by atoms with Crippen LogP contribution in [0.1, 0.15) is 41.1 Å². The Hall–Kier alpha value is -2.43. The Morgan fingerprint density at radius 3 is 2.66 bits per heavy atom. The van der Waals surface area contributed by atoms with Crippen LogP contribution in [0, 0.1) is 0 Å². The van der Waals surface area contributed by atoms with E-state index in [0.717, 1.165) is 44.2 Å². The van der Waals surface area contributed by atoms with Crippen molar-refractivity contribution in [2.24, 2.45) is 9.50 Å². The van der Waals surface area contributed by atoms with Crippen LogP contribution in [0.3, 0.4) is 0 Å². The van der Waals surface area contributed by atoms with E-state index in [2.05, 4.69) is 20.8 Å². The second-order valence-electron chi connectivity index (χ2n) is 7.73. The van der Waals surface area contributed by atoms with Gasteiger partial charge in [-0.05, 0) is 60.8 Å². The number of rotatable bonds is 3. The third-order valence-corrected chi connectivity index (χ3v) is 7.27. The number of urea groups is 1. The number of nitrogens with one attached hydrogen (secondary N) is 1. The quantitative estimate of drug-likeness (QED) is 0.700. The van der Waals surface area contributed by atoms with E-state index in [4.69, 9.17) is 9.88 Å². The highest BCUT2D eigenvalue weighted by molar-refractivity contribution is 7.91. The zero-order chi connectivity index (χ0) is 20.2. The van der Waals surface area contributed by atoms with Crippen molar-refractivity contribution in [2.75, 3.05) is 18.5 Å². The molecule has 29 heavy (non-hydrogen) atoms. The predicted molar refractivity (Wildman–Crippen MR) is 106 cm³/mol. The van der Waals surface area contributed by atoms with Crippen molar-refractivity contribution < 1.29 is 18.8 Å². The van der Waals surface area contributed by atoms with Crippen molar-refractivity contribution >= 4 is 21.6 Å². The fraction of sp³-hybridized carbons (Fsp3) is 0.474. The molecule has 10 heteroatoms. The van der Waals surface area contributed by atoms with E-state index in [1.165, 1.54) is 33.1 Å². The number of hydrogen-bond donors (Lipinski definition) is 3. The number of carbonyl (C=O) groups excluding carboxylic acids is 1. The van der Waals surface area contributed by atoms with Gasteiger partial charge in [0.1, 0.15) is 17.5 Å². The van der Waals surface area contributed by atoms with Crippen LogP contribution in [0.4, 0.5) is 10.5 Å². The van der Waals surface area contributed by atoms with E-state index in [9.17, 15) is 14.1 Å². The summed E-state index contributed by atoms with van der Waals surface area (Å²) in [5.41, 5.74) is 5.73. The van der Waals surface area contributed by atoms with Crippen LogP contribution < -0.4 is 15.2 Å². The maximum atomic E-state index is 13.0. The summed E-state index contributed by atoms with van der Waals surface area (Å²) in [5, 5.41) is 22.2. The minimum atomic E-state index is -3.55. The van der Waals surface area contributed by atoms with E-state index in [0.29, 0.717) is 0 Å². The molecule has 4 N–H and O–H groups in total. The summed E-state index contributed by atoms with van der Waals surface area (Å²) in [6, 6.07) is 1.18. The highest BCUT2D eigenvalue weighted by atomic mass is 32.2. The molecular formula is C19H23N5O4S. The first-order valence-corrected chi connectivity index (χ1v) is 11.4. The van der Waals surface area contributed by atoms with Crippen LogP contribution in [0.25, 0.3) is 0 Å². The molecule has 0 spiro atoms. The topological polar surface area (TPSA) is 132 Å². The molecule has 2 atom stereocenters. The van der Waals surface area contributed by atoms with Gasteiger partial charge < -0.3 is 15.2 Å². The molecule has 1 aliphatic heterocycles. The Balaban J connectivity index is 1.47. The molecule has 2 amide bonds. The number of ether oxygens (including phenoxy) is 1. The molecule has 0 bridgehead atoms. The van der Waals surface area contributed by atoms with Gasteiger partial charge in [0.2, 0.25) is 5.88 Å². The summed E-state index contributed by atoms with van der Waals surface area (Å²) in [6.07, 6.45) is 7.29. The largest absolute Gasteiger partial charge is 0.475 e. The molecular weight excluding hydrogens is 394 g/mol. The van der Waals surface area contributed by atoms with E-state index in [1.807, 2.05) is 0 Å². The standard InChI is InChI=1S/C19H23N5O4S/c20-29(27,16-8-21-24-13(9-25)10-28-18(16)24)23-19(26)22-17-14-5-1-3-11(14)7-12-4-2-6-15(12)17/h7-8,13,25H,1-6,9-10H2,(H3,20,22,23,26,27)/t13-,29?/m1/s1. The second kappa shape index (κ2) is 6.82. The number of aromatic nitrogens is 2. The van der Waals surface area contributed by atoms with Crippen molar-refractivity contribution in [3.8, 4) is 5.88 Å². The number of fused-ring (bicyclic) bond motifs is 3. The molecule has 2 aliphatic carbocycles. The van der Waals surface area contributed by atoms with Crippen LogP contribution >= 0.6 is 0 Å². The number of carbonyl (C=O) groups is 1. The van der Waals surface area contributed by atoms with Gasteiger partial charge in [-0.25, -0.2) is 18.8 Å². The van der Waals surface area contributed by atoms with E-state index >= 15 is 0 Å². The summed E-state index contributed by atoms with van der Waals surface area (Å²) < 4.78 is 23.7. The average Bonchev–Trinajstić information content (AvgIpc) is 3.43. The van der Waals surface area contributed by atoms with E-state index in [-0.39, 0.29) is 30.0 Å². The Labute approximate surface area is 168 Å². The third kappa shape index (κ3) is 3.02. The third-order valence-electron chi connectivity index (χ3n) is 5.93. The van der Waals surface area contributed by atoms with Crippen molar-refractivity contribution in [3.05, 3.63) is 34.5 Å². The highest BCUT2D eigenvalue weighted by Crippen LogP contribution is 2.39. The maximum Gasteiger partial charge on any atom is 0.354 e. The average molecular weight is 417 g/mol. The van der Waals surface area contributed by atoms with Gasteiger partial charge in [-0.1, -0.05) is 6.07 Å². The Bertz CT molecular complexity index is 1100. The van der Waals surface area contributed by atoms with Crippen molar-refractivity contribution in [1.82, 2.24) is 9.78 Å². The lowest BCUT2D eigenvalue weighted by atomic mass is 9.99. The van der Waals surface area contributed by atoms with Gasteiger partial charge in [0, 0.05) is 5.69 Å². The Morgan fingerprint density at radius 2 is 2.00 bits per heavy atom. The van der Waals surface area contributed by atoms with E-state index < -0.39 is 15.9 Å². The number of aliphatic hydroxyl groups is 1. The molecule has 1 unspecified atom stereocenters. The molecule has 1 aromatic carbocycles. The number of amides is 2. The molecule has 3 aliphatic rings. The summed E-state index contributed by atoms with van der Waals surface area (Å²) in [7, 11) is -3.55. The van der Waals surface area contributed by atoms with Crippen LogP contribution in [-0.4, -0.2) is 38.3 Å². The monoisotopic (exact) mass is 417 g/mol.